The van der Waals surface area contributed by atoms with E-state index in [0.29, 0.717) is 12.5 Å². The molecule has 0 bridgehead atoms. The molecule has 1 atom stereocenters. The highest BCUT2D eigenvalue weighted by Gasteiger charge is 2.32. The van der Waals surface area contributed by atoms with E-state index in [2.05, 4.69) is 5.10 Å². The minimum absolute atomic E-state index is 0.170. The lowest BCUT2D eigenvalue weighted by Crippen LogP contribution is -2.25. The van der Waals surface area contributed by atoms with Gasteiger partial charge in [-0.1, -0.05) is 17.7 Å². The third-order valence-corrected chi connectivity index (χ3v) is 3.74. The average Bonchev–Trinajstić information content (AvgIpc) is 3.02. The van der Waals surface area contributed by atoms with Crippen molar-refractivity contribution in [2.75, 3.05) is 6.61 Å². The number of hydrazone groups is 1. The van der Waals surface area contributed by atoms with Gasteiger partial charge in [0.05, 0.1) is 6.61 Å². The second-order valence-electron chi connectivity index (χ2n) is 5.61. The number of carbonyl (C=O) groups excluding carboxylic acids is 1. The molecule has 124 valence electrons. The van der Waals surface area contributed by atoms with Gasteiger partial charge in [0.15, 0.2) is 0 Å². The molecule has 1 aliphatic heterocycles. The lowest BCUT2D eigenvalue weighted by molar-refractivity contribution is -0.135. The molecule has 1 heterocycles. The highest BCUT2D eigenvalue weighted by molar-refractivity contribution is 5.96. The van der Waals surface area contributed by atoms with Crippen molar-refractivity contribution in [1.29, 1.82) is 0 Å². The van der Waals surface area contributed by atoms with Gasteiger partial charge in [-0.2, -0.15) is 5.01 Å². The molecule has 2 aromatic rings. The molecule has 0 fully saturated rings. The van der Waals surface area contributed by atoms with Crippen LogP contribution in [0, 0.1) is 6.92 Å². The topological polar surface area (TPSA) is 51.1 Å². The number of nitrogens with zero attached hydrogens (tertiary/aromatic N) is 2. The number of benzene rings is 2. The molecular weight excluding hydrogens is 304 g/mol. The Bertz CT molecular complexity index is 751. The summed E-state index contributed by atoms with van der Waals surface area (Å²) in [5.41, 5.74) is 2.85. The highest BCUT2D eigenvalue weighted by atomic mass is 16.5. The van der Waals surface area contributed by atoms with Gasteiger partial charge in [0.1, 0.15) is 5.75 Å². The van der Waals surface area contributed by atoms with Crippen LogP contribution in [0.3, 0.4) is 0 Å². The summed E-state index contributed by atoms with van der Waals surface area (Å²) in [7, 11) is 0. The van der Waals surface area contributed by atoms with E-state index in [1.807, 2.05) is 62.4 Å². The summed E-state index contributed by atoms with van der Waals surface area (Å²) < 4.78 is 11.4. The molecule has 5 heteroatoms. The molecule has 0 spiro atoms. The predicted octanol–water partition coefficient (Wildman–Crippen LogP) is 3.63. The maximum Gasteiger partial charge on any atom is 0.243 e. The Morgan fingerprint density at radius 2 is 1.83 bits per heavy atom. The first-order chi connectivity index (χ1) is 11.6. The van der Waals surface area contributed by atoms with Gasteiger partial charge in [-0.25, -0.2) is 0 Å². The zero-order valence-corrected chi connectivity index (χ0v) is 14.0. The SMILES string of the molecule is CCOc1ccc([C@@H]2OC(c3ccc(C)cc3)=NN2C(C)=O)cc1. The molecule has 0 aromatic heterocycles. The van der Waals surface area contributed by atoms with Crippen molar-refractivity contribution in [2.24, 2.45) is 5.10 Å². The summed E-state index contributed by atoms with van der Waals surface area (Å²) in [4.78, 5) is 11.9. The third-order valence-electron chi connectivity index (χ3n) is 3.74. The van der Waals surface area contributed by atoms with Gasteiger partial charge >= 0.3 is 0 Å². The zero-order chi connectivity index (χ0) is 17.1. The molecule has 24 heavy (non-hydrogen) atoms. The Hall–Kier alpha value is -2.82. The molecule has 0 unspecified atom stereocenters. The van der Waals surface area contributed by atoms with Crippen LogP contribution in [-0.4, -0.2) is 23.4 Å². The van der Waals surface area contributed by atoms with Gasteiger partial charge in [-0.15, -0.1) is 5.10 Å². The van der Waals surface area contributed by atoms with E-state index in [-0.39, 0.29) is 5.91 Å². The largest absolute Gasteiger partial charge is 0.494 e. The molecule has 1 amide bonds. The third kappa shape index (κ3) is 3.25. The molecule has 0 N–H and O–H groups in total. The Balaban J connectivity index is 1.86. The minimum Gasteiger partial charge on any atom is -0.494 e. The van der Waals surface area contributed by atoms with Crippen molar-refractivity contribution < 1.29 is 14.3 Å². The number of amides is 1. The summed E-state index contributed by atoms with van der Waals surface area (Å²) >= 11 is 0. The minimum atomic E-state index is -0.561. The van der Waals surface area contributed by atoms with Crippen LogP contribution in [0.1, 0.15) is 36.8 Å². The highest BCUT2D eigenvalue weighted by Crippen LogP contribution is 2.31. The summed E-state index contributed by atoms with van der Waals surface area (Å²) in [5.74, 6) is 1.06. The zero-order valence-electron chi connectivity index (χ0n) is 14.0. The van der Waals surface area contributed by atoms with Crippen molar-refractivity contribution in [3.05, 3.63) is 65.2 Å². The number of carbonyl (C=O) groups is 1. The molecule has 0 saturated heterocycles. The van der Waals surface area contributed by atoms with Crippen LogP contribution < -0.4 is 4.74 Å². The number of aryl methyl sites for hydroxylation is 1. The second kappa shape index (κ2) is 6.74. The number of hydrogen-bond donors (Lipinski definition) is 0. The Labute approximate surface area is 141 Å². The van der Waals surface area contributed by atoms with E-state index >= 15 is 0 Å². The van der Waals surface area contributed by atoms with Crippen molar-refractivity contribution in [2.45, 2.75) is 27.0 Å². The average molecular weight is 324 g/mol. The van der Waals surface area contributed by atoms with E-state index in [1.165, 1.54) is 11.9 Å². The van der Waals surface area contributed by atoms with E-state index in [9.17, 15) is 4.79 Å². The van der Waals surface area contributed by atoms with Crippen LogP contribution in [0.2, 0.25) is 0 Å². The van der Waals surface area contributed by atoms with Crippen molar-refractivity contribution in [3.8, 4) is 5.75 Å². The molecule has 0 radical (unpaired) electrons. The normalized spacial score (nSPS) is 16.5. The standard InChI is InChI=1S/C19H20N2O3/c1-4-23-17-11-9-16(10-12-17)19-21(14(3)22)20-18(24-19)15-7-5-13(2)6-8-15/h5-12,19H,4H2,1-3H3/t19-/m0/s1. The monoisotopic (exact) mass is 324 g/mol. The van der Waals surface area contributed by atoms with E-state index < -0.39 is 6.23 Å². The summed E-state index contributed by atoms with van der Waals surface area (Å²) in [6.45, 7) is 6.05. The Morgan fingerprint density at radius 1 is 1.17 bits per heavy atom. The molecule has 1 aliphatic rings. The molecule has 5 nitrogen and oxygen atoms in total. The van der Waals surface area contributed by atoms with Crippen LogP contribution in [0.25, 0.3) is 0 Å². The van der Waals surface area contributed by atoms with Gasteiger partial charge < -0.3 is 9.47 Å². The summed E-state index contributed by atoms with van der Waals surface area (Å²) in [5, 5.41) is 5.72. The first-order valence-electron chi connectivity index (χ1n) is 7.93. The molecule has 0 aliphatic carbocycles. The Morgan fingerprint density at radius 3 is 2.42 bits per heavy atom. The summed E-state index contributed by atoms with van der Waals surface area (Å²) in [6.07, 6.45) is -0.561. The van der Waals surface area contributed by atoms with Gasteiger partial charge in [-0.3, -0.25) is 4.79 Å². The van der Waals surface area contributed by atoms with E-state index in [0.717, 1.165) is 22.4 Å². The van der Waals surface area contributed by atoms with Crippen LogP contribution in [-0.2, 0) is 9.53 Å². The maximum atomic E-state index is 11.9. The predicted molar refractivity (Wildman–Crippen MR) is 91.7 cm³/mol. The maximum absolute atomic E-state index is 11.9. The van der Waals surface area contributed by atoms with Gasteiger partial charge in [0.2, 0.25) is 18.0 Å². The van der Waals surface area contributed by atoms with Crippen molar-refractivity contribution in [1.82, 2.24) is 5.01 Å². The second-order valence-corrected chi connectivity index (χ2v) is 5.61. The number of ether oxygens (including phenoxy) is 2. The van der Waals surface area contributed by atoms with Crippen LogP contribution in [0.5, 0.6) is 5.75 Å². The van der Waals surface area contributed by atoms with Crippen LogP contribution in [0.15, 0.2) is 53.6 Å². The van der Waals surface area contributed by atoms with Gasteiger partial charge in [0, 0.05) is 18.1 Å². The number of hydrogen-bond acceptors (Lipinski definition) is 4. The van der Waals surface area contributed by atoms with E-state index in [1.54, 1.807) is 0 Å². The fourth-order valence-corrected chi connectivity index (χ4v) is 2.49. The Kier molecular flexibility index (Phi) is 4.51. The number of rotatable bonds is 4. The van der Waals surface area contributed by atoms with Gasteiger partial charge in [-0.05, 0) is 50.2 Å². The fraction of sp³-hybridized carbons (Fsp3) is 0.263. The first kappa shape index (κ1) is 16.1. The fourth-order valence-electron chi connectivity index (χ4n) is 2.49. The quantitative estimate of drug-likeness (QED) is 0.863. The molecule has 2 aromatic carbocycles. The van der Waals surface area contributed by atoms with Crippen LogP contribution in [0.4, 0.5) is 0 Å². The smallest absolute Gasteiger partial charge is 0.243 e. The lowest BCUT2D eigenvalue weighted by Gasteiger charge is -2.19. The van der Waals surface area contributed by atoms with Crippen molar-refractivity contribution in [3.63, 3.8) is 0 Å². The van der Waals surface area contributed by atoms with Gasteiger partial charge in [0.25, 0.3) is 0 Å². The molecule has 0 saturated carbocycles. The molecule has 3 rings (SSSR count). The van der Waals surface area contributed by atoms with E-state index in [4.69, 9.17) is 9.47 Å². The summed E-state index contributed by atoms with van der Waals surface area (Å²) in [6, 6.07) is 15.4. The molecular formula is C19H20N2O3. The first-order valence-corrected chi connectivity index (χ1v) is 7.93. The van der Waals surface area contributed by atoms with Crippen molar-refractivity contribution >= 4 is 11.8 Å². The lowest BCUT2D eigenvalue weighted by atomic mass is 10.1. The van der Waals surface area contributed by atoms with Crippen LogP contribution >= 0.6 is 0 Å².